The zero-order valence-corrected chi connectivity index (χ0v) is 12.3. The molecular formula is C17H27NO. The van der Waals surface area contributed by atoms with Gasteiger partial charge in [0.05, 0.1) is 6.54 Å². The molecule has 2 aliphatic carbocycles. The third-order valence-corrected chi connectivity index (χ3v) is 5.08. The number of nitrogens with one attached hydrogen (secondary N) is 1. The van der Waals surface area contributed by atoms with Gasteiger partial charge < -0.3 is 9.73 Å². The fourth-order valence-electron chi connectivity index (χ4n) is 3.50. The van der Waals surface area contributed by atoms with Crippen molar-refractivity contribution >= 4 is 0 Å². The third-order valence-electron chi connectivity index (χ3n) is 5.08. The minimum atomic E-state index is 0.701. The quantitative estimate of drug-likeness (QED) is 0.846. The first-order chi connectivity index (χ1) is 9.26. The monoisotopic (exact) mass is 261 g/mol. The predicted molar refractivity (Wildman–Crippen MR) is 78.1 cm³/mol. The van der Waals surface area contributed by atoms with E-state index in [-0.39, 0.29) is 0 Å². The van der Waals surface area contributed by atoms with E-state index in [2.05, 4.69) is 31.3 Å². The van der Waals surface area contributed by atoms with Crippen LogP contribution in [0, 0.1) is 11.8 Å². The first-order valence-electron chi connectivity index (χ1n) is 8.08. The Morgan fingerprint density at radius 2 is 2.11 bits per heavy atom. The topological polar surface area (TPSA) is 25.2 Å². The Kier molecular flexibility index (Phi) is 3.97. The molecule has 0 aliphatic heterocycles. The molecule has 1 aromatic heterocycles. The maximum Gasteiger partial charge on any atom is 0.117 e. The van der Waals surface area contributed by atoms with E-state index in [9.17, 15) is 0 Å². The standard InChI is InChI=1S/C17H27NO/c1-3-13-5-4-6-14(10-13)18-11-15-7-8-17(19-15)16-9-12(16)2/h7-8,12-14,16,18H,3-6,9-11H2,1-2H3. The second-order valence-corrected chi connectivity index (χ2v) is 6.64. The Morgan fingerprint density at radius 1 is 1.26 bits per heavy atom. The van der Waals surface area contributed by atoms with Crippen LogP contribution < -0.4 is 5.32 Å². The smallest absolute Gasteiger partial charge is 0.117 e. The summed E-state index contributed by atoms with van der Waals surface area (Å²) in [5.41, 5.74) is 0. The van der Waals surface area contributed by atoms with E-state index in [1.807, 2.05) is 0 Å². The van der Waals surface area contributed by atoms with Crippen LogP contribution in [0.3, 0.4) is 0 Å². The molecule has 0 radical (unpaired) electrons. The van der Waals surface area contributed by atoms with Crippen molar-refractivity contribution in [3.63, 3.8) is 0 Å². The molecular weight excluding hydrogens is 234 g/mol. The molecule has 0 bridgehead atoms. The number of hydrogen-bond donors (Lipinski definition) is 1. The summed E-state index contributed by atoms with van der Waals surface area (Å²) in [6.07, 6.45) is 8.15. The van der Waals surface area contributed by atoms with Crippen molar-refractivity contribution in [1.82, 2.24) is 5.32 Å². The highest BCUT2D eigenvalue weighted by Crippen LogP contribution is 2.47. The van der Waals surface area contributed by atoms with Gasteiger partial charge in [-0.05, 0) is 43.2 Å². The zero-order valence-electron chi connectivity index (χ0n) is 12.3. The van der Waals surface area contributed by atoms with Gasteiger partial charge in [0, 0.05) is 12.0 Å². The van der Waals surface area contributed by atoms with Crippen LogP contribution in [0.1, 0.15) is 69.8 Å². The molecule has 1 N–H and O–H groups in total. The van der Waals surface area contributed by atoms with Crippen LogP contribution in [0.4, 0.5) is 0 Å². The number of furan rings is 1. The lowest BCUT2D eigenvalue weighted by atomic mass is 9.84. The molecule has 0 spiro atoms. The third kappa shape index (κ3) is 3.22. The molecule has 0 amide bonds. The number of hydrogen-bond acceptors (Lipinski definition) is 2. The summed E-state index contributed by atoms with van der Waals surface area (Å²) in [6, 6.07) is 5.04. The van der Waals surface area contributed by atoms with Gasteiger partial charge in [-0.2, -0.15) is 0 Å². The Labute approximate surface area is 117 Å². The fourth-order valence-corrected chi connectivity index (χ4v) is 3.50. The summed E-state index contributed by atoms with van der Waals surface area (Å²) in [5.74, 6) is 4.79. The van der Waals surface area contributed by atoms with Crippen LogP contribution >= 0.6 is 0 Å². The average Bonchev–Trinajstić information content (AvgIpc) is 2.99. The zero-order chi connectivity index (χ0) is 13.2. The predicted octanol–water partition coefficient (Wildman–Crippen LogP) is 4.46. The Hall–Kier alpha value is -0.760. The summed E-state index contributed by atoms with van der Waals surface area (Å²) in [5, 5.41) is 3.69. The molecule has 4 atom stereocenters. The van der Waals surface area contributed by atoms with E-state index in [1.165, 1.54) is 44.3 Å². The Morgan fingerprint density at radius 3 is 2.84 bits per heavy atom. The van der Waals surface area contributed by atoms with Crippen LogP contribution in [0.5, 0.6) is 0 Å². The van der Waals surface area contributed by atoms with Gasteiger partial charge in [0.2, 0.25) is 0 Å². The first kappa shape index (κ1) is 13.2. The molecule has 0 aromatic carbocycles. The Balaban J connectivity index is 1.47. The van der Waals surface area contributed by atoms with Gasteiger partial charge >= 0.3 is 0 Å². The molecule has 0 saturated heterocycles. The molecule has 3 rings (SSSR count). The van der Waals surface area contributed by atoms with Crippen LogP contribution in [0.2, 0.25) is 0 Å². The van der Waals surface area contributed by atoms with Gasteiger partial charge in [-0.1, -0.05) is 33.1 Å². The maximum atomic E-state index is 5.96. The van der Waals surface area contributed by atoms with Crippen molar-refractivity contribution in [1.29, 1.82) is 0 Å². The largest absolute Gasteiger partial charge is 0.464 e. The van der Waals surface area contributed by atoms with E-state index in [0.29, 0.717) is 12.0 Å². The van der Waals surface area contributed by atoms with Crippen molar-refractivity contribution in [3.05, 3.63) is 23.7 Å². The normalized spacial score (nSPS) is 34.4. The summed E-state index contributed by atoms with van der Waals surface area (Å²) < 4.78 is 5.96. The van der Waals surface area contributed by atoms with Gasteiger partial charge in [-0.25, -0.2) is 0 Å². The van der Waals surface area contributed by atoms with E-state index in [0.717, 1.165) is 24.1 Å². The minimum absolute atomic E-state index is 0.701. The molecule has 106 valence electrons. The van der Waals surface area contributed by atoms with E-state index in [4.69, 9.17) is 4.42 Å². The molecule has 2 nitrogen and oxygen atoms in total. The van der Waals surface area contributed by atoms with Crippen LogP contribution in [-0.2, 0) is 6.54 Å². The van der Waals surface area contributed by atoms with Crippen LogP contribution in [-0.4, -0.2) is 6.04 Å². The van der Waals surface area contributed by atoms with Gasteiger partial charge in [0.15, 0.2) is 0 Å². The summed E-state index contributed by atoms with van der Waals surface area (Å²) in [7, 11) is 0. The Bertz CT molecular complexity index is 411. The second-order valence-electron chi connectivity index (χ2n) is 6.64. The van der Waals surface area contributed by atoms with Gasteiger partial charge in [0.1, 0.15) is 11.5 Å². The SMILES string of the molecule is CCC1CCCC(NCc2ccc(C3CC3C)o2)C1. The molecule has 19 heavy (non-hydrogen) atoms. The van der Waals surface area contributed by atoms with Crippen molar-refractivity contribution < 1.29 is 4.42 Å². The van der Waals surface area contributed by atoms with Crippen molar-refractivity contribution in [2.24, 2.45) is 11.8 Å². The minimum Gasteiger partial charge on any atom is -0.464 e. The van der Waals surface area contributed by atoms with Crippen LogP contribution in [0.15, 0.2) is 16.5 Å². The maximum absolute atomic E-state index is 5.96. The highest BCUT2D eigenvalue weighted by molar-refractivity contribution is 5.17. The fraction of sp³-hybridized carbons (Fsp3) is 0.765. The van der Waals surface area contributed by atoms with Crippen molar-refractivity contribution in [2.75, 3.05) is 0 Å². The molecule has 2 aliphatic rings. The summed E-state index contributed by atoms with van der Waals surface area (Å²) in [6.45, 7) is 5.53. The molecule has 2 heteroatoms. The lowest BCUT2D eigenvalue weighted by Gasteiger charge is -2.28. The molecule has 1 aromatic rings. The summed E-state index contributed by atoms with van der Waals surface area (Å²) in [4.78, 5) is 0. The van der Waals surface area contributed by atoms with E-state index in [1.54, 1.807) is 0 Å². The van der Waals surface area contributed by atoms with E-state index >= 15 is 0 Å². The molecule has 2 fully saturated rings. The van der Waals surface area contributed by atoms with Crippen molar-refractivity contribution in [2.45, 2.75) is 70.9 Å². The summed E-state index contributed by atoms with van der Waals surface area (Å²) >= 11 is 0. The highest BCUT2D eigenvalue weighted by atomic mass is 16.3. The van der Waals surface area contributed by atoms with Gasteiger partial charge in [0.25, 0.3) is 0 Å². The first-order valence-corrected chi connectivity index (χ1v) is 8.08. The number of rotatable bonds is 5. The van der Waals surface area contributed by atoms with Gasteiger partial charge in [-0.15, -0.1) is 0 Å². The highest BCUT2D eigenvalue weighted by Gasteiger charge is 2.36. The lowest BCUT2D eigenvalue weighted by molar-refractivity contribution is 0.272. The lowest BCUT2D eigenvalue weighted by Crippen LogP contribution is -2.33. The molecule has 1 heterocycles. The van der Waals surface area contributed by atoms with Gasteiger partial charge in [-0.3, -0.25) is 0 Å². The average molecular weight is 261 g/mol. The second kappa shape index (κ2) is 5.70. The van der Waals surface area contributed by atoms with Crippen LogP contribution in [0.25, 0.3) is 0 Å². The molecule has 2 saturated carbocycles. The molecule has 4 unspecified atom stereocenters. The van der Waals surface area contributed by atoms with Crippen molar-refractivity contribution in [3.8, 4) is 0 Å². The van der Waals surface area contributed by atoms with E-state index < -0.39 is 0 Å².